The molecule has 2 heterocycles. The molecule has 0 bridgehead atoms. The number of piperazine rings is 1. The number of hydrogen-bond donors (Lipinski definition) is 0. The monoisotopic (exact) mass is 343 g/mol. The summed E-state index contributed by atoms with van der Waals surface area (Å²) in [7, 11) is 0. The summed E-state index contributed by atoms with van der Waals surface area (Å²) in [4.78, 5) is 19.1. The number of hydrogen-bond acceptors (Lipinski definition) is 6. The van der Waals surface area contributed by atoms with Crippen LogP contribution in [0.2, 0.25) is 5.02 Å². The van der Waals surface area contributed by atoms with Gasteiger partial charge in [-0.2, -0.15) is 5.26 Å². The van der Waals surface area contributed by atoms with Crippen molar-refractivity contribution >= 4 is 28.8 Å². The maximum Gasteiger partial charge on any atom is 0.294 e. The molecular weight excluding hydrogens is 330 g/mol. The number of nitrogens with zero attached hydrogens (tertiary/aromatic N) is 5. The van der Waals surface area contributed by atoms with Gasteiger partial charge in [0.05, 0.1) is 10.5 Å². The van der Waals surface area contributed by atoms with E-state index in [1.54, 1.807) is 30.5 Å². The van der Waals surface area contributed by atoms with Gasteiger partial charge >= 0.3 is 0 Å². The van der Waals surface area contributed by atoms with Crippen molar-refractivity contribution in [2.24, 2.45) is 0 Å². The average Bonchev–Trinajstić information content (AvgIpc) is 2.62. The van der Waals surface area contributed by atoms with Crippen LogP contribution in [-0.2, 0) is 0 Å². The van der Waals surface area contributed by atoms with Crippen LogP contribution in [0.5, 0.6) is 0 Å². The van der Waals surface area contributed by atoms with Crippen LogP contribution in [-0.4, -0.2) is 36.1 Å². The molecule has 1 aliphatic heterocycles. The van der Waals surface area contributed by atoms with Gasteiger partial charge in [-0.15, -0.1) is 0 Å². The van der Waals surface area contributed by atoms with Gasteiger partial charge in [0.15, 0.2) is 0 Å². The van der Waals surface area contributed by atoms with Gasteiger partial charge in [-0.25, -0.2) is 4.98 Å². The molecule has 1 aliphatic rings. The molecule has 122 valence electrons. The topological polar surface area (TPSA) is 86.3 Å². The van der Waals surface area contributed by atoms with Crippen molar-refractivity contribution in [3.63, 3.8) is 0 Å². The number of anilines is 2. The molecule has 1 fully saturated rings. The van der Waals surface area contributed by atoms with Crippen molar-refractivity contribution in [1.82, 2.24) is 4.98 Å². The second-order valence-electron chi connectivity index (χ2n) is 5.35. The lowest BCUT2D eigenvalue weighted by atomic mass is 10.2. The standard InChI is InChI=1S/C16H14ClN5O2/c17-13-3-4-14(15(10-13)22(23)24)20-6-8-21(9-7-20)16-12(11-18)2-1-5-19-16/h1-5,10H,6-9H2. The van der Waals surface area contributed by atoms with Crippen LogP contribution in [0.3, 0.4) is 0 Å². The van der Waals surface area contributed by atoms with Gasteiger partial charge < -0.3 is 9.80 Å². The van der Waals surface area contributed by atoms with Crippen molar-refractivity contribution in [1.29, 1.82) is 5.26 Å². The van der Waals surface area contributed by atoms with E-state index in [4.69, 9.17) is 11.6 Å². The van der Waals surface area contributed by atoms with Crippen LogP contribution in [0.1, 0.15) is 5.56 Å². The predicted octanol–water partition coefficient (Wildman–Crippen LogP) is 2.84. The lowest BCUT2D eigenvalue weighted by Gasteiger charge is -2.36. The fraction of sp³-hybridized carbons (Fsp3) is 0.250. The van der Waals surface area contributed by atoms with Crippen molar-refractivity contribution < 1.29 is 4.92 Å². The molecule has 7 nitrogen and oxygen atoms in total. The summed E-state index contributed by atoms with van der Waals surface area (Å²) in [6.45, 7) is 2.46. The minimum Gasteiger partial charge on any atom is -0.362 e. The number of nitriles is 1. The molecule has 24 heavy (non-hydrogen) atoms. The zero-order chi connectivity index (χ0) is 17.1. The highest BCUT2D eigenvalue weighted by Gasteiger charge is 2.25. The van der Waals surface area contributed by atoms with E-state index >= 15 is 0 Å². The van der Waals surface area contributed by atoms with Gasteiger partial charge in [-0.05, 0) is 24.3 Å². The first kappa shape index (κ1) is 16.0. The lowest BCUT2D eigenvalue weighted by molar-refractivity contribution is -0.384. The third-order valence-electron chi connectivity index (χ3n) is 3.96. The van der Waals surface area contributed by atoms with Gasteiger partial charge in [0.1, 0.15) is 17.6 Å². The Labute approximate surface area is 143 Å². The Balaban J connectivity index is 1.79. The Bertz CT molecular complexity index is 812. The quantitative estimate of drug-likeness (QED) is 0.629. The molecule has 0 unspecified atom stereocenters. The second-order valence-corrected chi connectivity index (χ2v) is 5.79. The third kappa shape index (κ3) is 3.09. The minimum absolute atomic E-state index is 0.00602. The molecule has 0 amide bonds. The molecule has 3 rings (SSSR count). The Kier molecular flexibility index (Phi) is 4.49. The normalized spacial score (nSPS) is 14.3. The van der Waals surface area contributed by atoms with E-state index in [0.29, 0.717) is 48.3 Å². The van der Waals surface area contributed by atoms with Crippen LogP contribution in [0.15, 0.2) is 36.5 Å². The highest BCUT2D eigenvalue weighted by atomic mass is 35.5. The van der Waals surface area contributed by atoms with Crippen LogP contribution < -0.4 is 9.80 Å². The van der Waals surface area contributed by atoms with Gasteiger partial charge in [-0.1, -0.05) is 11.6 Å². The van der Waals surface area contributed by atoms with Crippen molar-refractivity contribution in [2.75, 3.05) is 36.0 Å². The van der Waals surface area contributed by atoms with E-state index in [-0.39, 0.29) is 5.69 Å². The Morgan fingerprint density at radius 3 is 2.58 bits per heavy atom. The van der Waals surface area contributed by atoms with E-state index in [1.165, 1.54) is 6.07 Å². The third-order valence-corrected chi connectivity index (χ3v) is 4.20. The van der Waals surface area contributed by atoms with E-state index in [9.17, 15) is 15.4 Å². The Hall–Kier alpha value is -2.85. The average molecular weight is 344 g/mol. The first-order valence-corrected chi connectivity index (χ1v) is 7.77. The number of pyridine rings is 1. The summed E-state index contributed by atoms with van der Waals surface area (Å²) in [6, 6.07) is 10.3. The SMILES string of the molecule is N#Cc1cccnc1N1CCN(c2ccc(Cl)cc2[N+](=O)[O-])CC1. The molecule has 0 spiro atoms. The van der Waals surface area contributed by atoms with E-state index < -0.39 is 4.92 Å². The minimum atomic E-state index is -0.417. The number of nitro groups is 1. The maximum absolute atomic E-state index is 11.2. The van der Waals surface area contributed by atoms with Crippen molar-refractivity contribution in [2.45, 2.75) is 0 Å². The molecule has 0 aliphatic carbocycles. The molecule has 0 N–H and O–H groups in total. The maximum atomic E-state index is 11.2. The van der Waals surface area contributed by atoms with E-state index in [2.05, 4.69) is 11.1 Å². The molecule has 1 aromatic heterocycles. The Morgan fingerprint density at radius 1 is 1.21 bits per heavy atom. The number of rotatable bonds is 3. The number of halogens is 1. The van der Waals surface area contributed by atoms with Crippen LogP contribution in [0, 0.1) is 21.4 Å². The van der Waals surface area contributed by atoms with Crippen LogP contribution >= 0.6 is 11.6 Å². The first-order valence-electron chi connectivity index (χ1n) is 7.39. The van der Waals surface area contributed by atoms with Crippen LogP contribution in [0.25, 0.3) is 0 Å². The zero-order valence-corrected chi connectivity index (χ0v) is 13.5. The van der Waals surface area contributed by atoms with Crippen molar-refractivity contribution in [3.05, 3.63) is 57.2 Å². The summed E-state index contributed by atoms with van der Waals surface area (Å²) in [5.41, 5.74) is 1.10. The van der Waals surface area contributed by atoms with E-state index in [0.717, 1.165) is 0 Å². The second kappa shape index (κ2) is 6.72. The molecule has 2 aromatic rings. The molecule has 0 atom stereocenters. The molecule has 0 radical (unpaired) electrons. The summed E-state index contributed by atoms with van der Waals surface area (Å²) in [6.07, 6.45) is 1.66. The predicted molar refractivity (Wildman–Crippen MR) is 91.5 cm³/mol. The Morgan fingerprint density at radius 2 is 1.92 bits per heavy atom. The van der Waals surface area contributed by atoms with Gasteiger partial charge in [-0.3, -0.25) is 10.1 Å². The summed E-state index contributed by atoms with van der Waals surface area (Å²) < 4.78 is 0. The summed E-state index contributed by atoms with van der Waals surface area (Å²) in [5, 5.41) is 20.8. The summed E-state index contributed by atoms with van der Waals surface area (Å²) >= 11 is 5.87. The molecule has 8 heteroatoms. The number of aromatic nitrogens is 1. The fourth-order valence-corrected chi connectivity index (χ4v) is 2.97. The number of nitro benzene ring substituents is 1. The largest absolute Gasteiger partial charge is 0.362 e. The smallest absolute Gasteiger partial charge is 0.294 e. The molecule has 1 saturated heterocycles. The highest BCUT2D eigenvalue weighted by molar-refractivity contribution is 6.30. The molecule has 1 aromatic carbocycles. The zero-order valence-electron chi connectivity index (χ0n) is 12.7. The lowest BCUT2D eigenvalue weighted by Crippen LogP contribution is -2.47. The number of benzene rings is 1. The first-order chi connectivity index (χ1) is 11.6. The highest BCUT2D eigenvalue weighted by Crippen LogP contribution is 2.32. The van der Waals surface area contributed by atoms with E-state index in [1.807, 2.05) is 9.80 Å². The molecule has 0 saturated carbocycles. The van der Waals surface area contributed by atoms with Crippen molar-refractivity contribution in [3.8, 4) is 6.07 Å². The summed E-state index contributed by atoms with van der Waals surface area (Å²) in [5.74, 6) is 0.658. The van der Waals surface area contributed by atoms with Gasteiger partial charge in [0.2, 0.25) is 0 Å². The molecular formula is C16H14ClN5O2. The fourth-order valence-electron chi connectivity index (χ4n) is 2.81. The van der Waals surface area contributed by atoms with Crippen LogP contribution in [0.4, 0.5) is 17.2 Å². The van der Waals surface area contributed by atoms with Gasteiger partial charge in [0, 0.05) is 43.5 Å². The van der Waals surface area contributed by atoms with Gasteiger partial charge in [0.25, 0.3) is 5.69 Å².